The van der Waals surface area contributed by atoms with E-state index in [1.165, 1.54) is 5.56 Å². The Balaban J connectivity index is 1.30. The van der Waals surface area contributed by atoms with Crippen LogP contribution >= 0.6 is 0 Å². The third-order valence-electron chi connectivity index (χ3n) is 6.64. The van der Waals surface area contributed by atoms with Gasteiger partial charge >= 0.3 is 0 Å². The first kappa shape index (κ1) is 21.0. The summed E-state index contributed by atoms with van der Waals surface area (Å²) in [4.78, 5) is 17.9. The van der Waals surface area contributed by atoms with Crippen LogP contribution < -0.4 is 0 Å². The van der Waals surface area contributed by atoms with Crippen molar-refractivity contribution in [3.63, 3.8) is 0 Å². The highest BCUT2D eigenvalue weighted by molar-refractivity contribution is 5.90. The molecule has 4 rings (SSSR count). The minimum absolute atomic E-state index is 0.0455. The van der Waals surface area contributed by atoms with Crippen molar-refractivity contribution in [3.05, 3.63) is 77.9 Å². The van der Waals surface area contributed by atoms with Gasteiger partial charge in [-0.15, -0.1) is 0 Å². The number of benzene rings is 2. The Kier molecular flexibility index (Phi) is 6.78. The number of ketones is 1. The molecule has 158 valence electrons. The summed E-state index contributed by atoms with van der Waals surface area (Å²) in [6.07, 6.45) is 7.33. The lowest BCUT2D eigenvalue weighted by atomic mass is 9.67. The molecule has 2 aromatic carbocycles. The largest absolute Gasteiger partial charge is 0.377 e. The van der Waals surface area contributed by atoms with Crippen molar-refractivity contribution in [1.82, 2.24) is 9.80 Å². The van der Waals surface area contributed by atoms with E-state index in [2.05, 4.69) is 46.2 Å². The van der Waals surface area contributed by atoms with Crippen molar-refractivity contribution in [1.29, 1.82) is 0 Å². The minimum Gasteiger partial charge on any atom is -0.377 e. The van der Waals surface area contributed by atoms with Crippen molar-refractivity contribution in [3.8, 4) is 0 Å². The summed E-state index contributed by atoms with van der Waals surface area (Å²) < 4.78 is 0. The molecular formula is C26H32N2O2. The summed E-state index contributed by atoms with van der Waals surface area (Å²) >= 11 is 0. The summed E-state index contributed by atoms with van der Waals surface area (Å²) in [5.41, 5.74) is 0.636. The number of carbonyl (C=O) groups is 1. The Morgan fingerprint density at radius 2 is 1.53 bits per heavy atom. The Bertz CT molecular complexity index is 840. The first-order chi connectivity index (χ1) is 14.7. The molecule has 1 N–H and O–H groups in total. The molecule has 1 aliphatic heterocycles. The van der Waals surface area contributed by atoms with E-state index in [1.807, 2.05) is 36.4 Å². The van der Waals surface area contributed by atoms with E-state index in [0.29, 0.717) is 6.54 Å². The Labute approximate surface area is 179 Å². The Morgan fingerprint density at radius 1 is 0.933 bits per heavy atom. The van der Waals surface area contributed by atoms with Gasteiger partial charge in [0, 0.05) is 32.7 Å². The second-order valence-corrected chi connectivity index (χ2v) is 8.57. The van der Waals surface area contributed by atoms with Crippen molar-refractivity contribution in [2.45, 2.75) is 24.9 Å². The van der Waals surface area contributed by atoms with Crippen molar-refractivity contribution in [2.24, 2.45) is 5.92 Å². The van der Waals surface area contributed by atoms with Crippen LogP contribution in [0.5, 0.6) is 0 Å². The van der Waals surface area contributed by atoms with Gasteiger partial charge in [-0.05, 0) is 29.9 Å². The van der Waals surface area contributed by atoms with Crippen LogP contribution in [0.3, 0.4) is 0 Å². The number of nitrogens with zero attached hydrogens (tertiary/aromatic N) is 2. The SMILES string of the molecule is O=C(CN1CCN(C/C=C\c2ccccc2)CC1)C(O)(c1ccccc1)C1CCC1. The molecule has 0 aromatic heterocycles. The quantitative estimate of drug-likeness (QED) is 0.731. The summed E-state index contributed by atoms with van der Waals surface area (Å²) in [5.74, 6) is 0.00707. The molecule has 1 atom stereocenters. The van der Waals surface area contributed by atoms with Crippen LogP contribution in [0.1, 0.15) is 30.4 Å². The molecule has 1 heterocycles. The molecule has 0 spiro atoms. The number of Topliss-reactive ketones (excluding diaryl/α,β-unsaturated/α-hetero) is 1. The molecule has 1 saturated heterocycles. The smallest absolute Gasteiger partial charge is 0.183 e. The molecule has 0 bridgehead atoms. The highest BCUT2D eigenvalue weighted by Crippen LogP contribution is 2.43. The molecule has 2 aromatic rings. The average molecular weight is 405 g/mol. The number of aliphatic hydroxyl groups is 1. The van der Waals surface area contributed by atoms with E-state index in [1.54, 1.807) is 0 Å². The minimum atomic E-state index is -1.34. The number of rotatable bonds is 8. The standard InChI is InChI=1S/C26H32N2O2/c29-25(26(30,24-14-7-15-24)23-12-5-2-6-13-23)21-28-19-17-27(18-20-28)16-8-11-22-9-3-1-4-10-22/h1-6,8-13,24,30H,7,14-21H2/b11-8-. The molecule has 0 radical (unpaired) electrons. The van der Waals surface area contributed by atoms with E-state index in [4.69, 9.17) is 0 Å². The second kappa shape index (κ2) is 9.69. The molecule has 1 saturated carbocycles. The maximum Gasteiger partial charge on any atom is 0.183 e. The number of hydrogen-bond acceptors (Lipinski definition) is 4. The molecule has 30 heavy (non-hydrogen) atoms. The van der Waals surface area contributed by atoms with E-state index in [-0.39, 0.29) is 11.7 Å². The van der Waals surface area contributed by atoms with Gasteiger partial charge in [-0.25, -0.2) is 0 Å². The first-order valence-electron chi connectivity index (χ1n) is 11.1. The average Bonchev–Trinajstić information content (AvgIpc) is 2.75. The monoisotopic (exact) mass is 404 g/mol. The first-order valence-corrected chi connectivity index (χ1v) is 11.1. The Morgan fingerprint density at radius 3 is 2.13 bits per heavy atom. The lowest BCUT2D eigenvalue weighted by Gasteiger charge is -2.42. The van der Waals surface area contributed by atoms with Gasteiger partial charge in [0.25, 0.3) is 0 Å². The number of carbonyl (C=O) groups excluding carboxylic acids is 1. The highest BCUT2D eigenvalue weighted by atomic mass is 16.3. The zero-order valence-corrected chi connectivity index (χ0v) is 17.6. The molecule has 2 aliphatic rings. The van der Waals surface area contributed by atoms with Crippen LogP contribution in [0.2, 0.25) is 0 Å². The predicted octanol–water partition coefficient (Wildman–Crippen LogP) is 3.57. The van der Waals surface area contributed by atoms with Gasteiger partial charge < -0.3 is 5.11 Å². The zero-order valence-electron chi connectivity index (χ0n) is 17.6. The molecule has 1 unspecified atom stereocenters. The van der Waals surface area contributed by atoms with Gasteiger partial charge in [-0.1, -0.05) is 79.2 Å². The fourth-order valence-electron chi connectivity index (χ4n) is 4.50. The van der Waals surface area contributed by atoms with Crippen molar-refractivity contribution < 1.29 is 9.90 Å². The lowest BCUT2D eigenvalue weighted by molar-refractivity contribution is -0.151. The summed E-state index contributed by atoms with van der Waals surface area (Å²) in [6, 6.07) is 19.9. The van der Waals surface area contributed by atoms with Gasteiger partial charge in [-0.2, -0.15) is 0 Å². The van der Waals surface area contributed by atoms with Crippen LogP contribution in [0.15, 0.2) is 66.7 Å². The number of piperazine rings is 1. The van der Waals surface area contributed by atoms with Crippen LogP contribution in [0.25, 0.3) is 6.08 Å². The molecule has 1 aliphatic carbocycles. The van der Waals surface area contributed by atoms with Gasteiger partial charge in [0.2, 0.25) is 0 Å². The highest BCUT2D eigenvalue weighted by Gasteiger charge is 2.47. The predicted molar refractivity (Wildman–Crippen MR) is 121 cm³/mol. The number of hydrogen-bond donors (Lipinski definition) is 1. The van der Waals surface area contributed by atoms with E-state index in [0.717, 1.165) is 57.5 Å². The van der Waals surface area contributed by atoms with E-state index < -0.39 is 5.60 Å². The zero-order chi connectivity index (χ0) is 20.8. The third-order valence-corrected chi connectivity index (χ3v) is 6.64. The van der Waals surface area contributed by atoms with Gasteiger partial charge in [0.05, 0.1) is 6.54 Å². The third kappa shape index (κ3) is 4.72. The molecular weight excluding hydrogens is 372 g/mol. The van der Waals surface area contributed by atoms with Gasteiger partial charge in [-0.3, -0.25) is 14.6 Å². The maximum absolute atomic E-state index is 13.3. The lowest BCUT2D eigenvalue weighted by Crippen LogP contribution is -2.53. The normalized spacial score (nSPS) is 20.7. The van der Waals surface area contributed by atoms with Crippen molar-refractivity contribution >= 4 is 11.9 Å². The van der Waals surface area contributed by atoms with Crippen LogP contribution in [-0.2, 0) is 10.4 Å². The van der Waals surface area contributed by atoms with E-state index in [9.17, 15) is 9.90 Å². The van der Waals surface area contributed by atoms with Gasteiger partial charge in [0.1, 0.15) is 0 Å². The summed E-state index contributed by atoms with van der Waals surface area (Å²) in [6.45, 7) is 4.86. The van der Waals surface area contributed by atoms with Crippen LogP contribution in [0, 0.1) is 5.92 Å². The van der Waals surface area contributed by atoms with Crippen LogP contribution in [-0.4, -0.2) is 60.0 Å². The van der Waals surface area contributed by atoms with Gasteiger partial charge in [0.15, 0.2) is 11.4 Å². The summed E-state index contributed by atoms with van der Waals surface area (Å²) in [5, 5.41) is 11.5. The second-order valence-electron chi connectivity index (χ2n) is 8.57. The van der Waals surface area contributed by atoms with Crippen molar-refractivity contribution in [2.75, 3.05) is 39.3 Å². The molecule has 2 fully saturated rings. The molecule has 4 heteroatoms. The fourth-order valence-corrected chi connectivity index (χ4v) is 4.50. The van der Waals surface area contributed by atoms with Crippen LogP contribution in [0.4, 0.5) is 0 Å². The maximum atomic E-state index is 13.3. The van der Waals surface area contributed by atoms with E-state index >= 15 is 0 Å². The molecule has 0 amide bonds. The topological polar surface area (TPSA) is 43.8 Å². The Hall–Kier alpha value is -2.27. The summed E-state index contributed by atoms with van der Waals surface area (Å²) in [7, 11) is 0. The molecule has 4 nitrogen and oxygen atoms in total. The fraction of sp³-hybridized carbons (Fsp3) is 0.423.